The lowest BCUT2D eigenvalue weighted by Crippen LogP contribution is -1.97. The van der Waals surface area contributed by atoms with Crippen LogP contribution in [0.4, 0.5) is 0 Å². The molecular weight excluding hydrogens is 627 g/mol. The van der Waals surface area contributed by atoms with E-state index in [9.17, 15) is 0 Å². The maximum atomic E-state index is 5.28. The predicted molar refractivity (Wildman–Crippen MR) is 211 cm³/mol. The number of hydrogen-bond donors (Lipinski definition) is 0. The highest BCUT2D eigenvalue weighted by molar-refractivity contribution is 7.23. The highest BCUT2D eigenvalue weighted by Crippen LogP contribution is 2.50. The molecule has 4 heteroatoms. The van der Waals surface area contributed by atoms with Crippen molar-refractivity contribution in [2.75, 3.05) is 0 Å². The monoisotopic (exact) mass is 655 g/mol. The van der Waals surface area contributed by atoms with Crippen molar-refractivity contribution in [1.82, 2.24) is 14.5 Å². The zero-order valence-electron chi connectivity index (χ0n) is 27.0. The fraction of sp³-hybridized carbons (Fsp3) is 0. The number of nitrogens with zero attached hydrogens (tertiary/aromatic N) is 3. The van der Waals surface area contributed by atoms with Gasteiger partial charge in [-0.25, -0.2) is 9.97 Å². The van der Waals surface area contributed by atoms with Crippen molar-refractivity contribution in [1.29, 1.82) is 0 Å². The lowest BCUT2D eigenvalue weighted by atomic mass is 9.94. The Bertz CT molecular complexity index is 2850. The summed E-state index contributed by atoms with van der Waals surface area (Å²) in [5, 5.41) is 4.88. The van der Waals surface area contributed by atoms with Gasteiger partial charge in [-0.05, 0) is 58.3 Å². The summed E-state index contributed by atoms with van der Waals surface area (Å²) in [5.41, 5.74) is 11.0. The molecule has 10 aromatic rings. The minimum absolute atomic E-state index is 0.927. The number of imidazole rings is 1. The molecule has 234 valence electrons. The second kappa shape index (κ2) is 11.7. The van der Waals surface area contributed by atoms with Gasteiger partial charge in [0, 0.05) is 38.0 Å². The number of pyridine rings is 1. The van der Waals surface area contributed by atoms with Gasteiger partial charge in [-0.3, -0.25) is 4.57 Å². The van der Waals surface area contributed by atoms with Gasteiger partial charge in [-0.15, -0.1) is 11.3 Å². The van der Waals surface area contributed by atoms with E-state index in [4.69, 9.17) is 9.97 Å². The Morgan fingerprint density at radius 2 is 1.10 bits per heavy atom. The van der Waals surface area contributed by atoms with Crippen LogP contribution in [0.2, 0.25) is 0 Å². The molecule has 0 aliphatic carbocycles. The number of thiophene rings is 1. The van der Waals surface area contributed by atoms with Crippen LogP contribution in [0.25, 0.3) is 92.7 Å². The summed E-state index contributed by atoms with van der Waals surface area (Å²) < 4.78 is 3.46. The molecule has 3 nitrogen and oxygen atoms in total. The third-order valence-electron chi connectivity index (χ3n) is 9.59. The third-order valence-corrected chi connectivity index (χ3v) is 10.8. The summed E-state index contributed by atoms with van der Waals surface area (Å²) in [6.07, 6.45) is 0. The van der Waals surface area contributed by atoms with Gasteiger partial charge in [0.2, 0.25) is 0 Å². The molecule has 0 spiro atoms. The van der Waals surface area contributed by atoms with Gasteiger partial charge < -0.3 is 0 Å². The van der Waals surface area contributed by atoms with Gasteiger partial charge in [-0.2, -0.15) is 0 Å². The molecular formula is C46H29N3S. The first-order valence-corrected chi connectivity index (χ1v) is 17.7. The van der Waals surface area contributed by atoms with Crippen LogP contribution in [0.1, 0.15) is 0 Å². The first kappa shape index (κ1) is 28.6. The maximum Gasteiger partial charge on any atom is 0.145 e. The Hall–Kier alpha value is -6.36. The summed E-state index contributed by atoms with van der Waals surface area (Å²) in [7, 11) is 0. The standard InChI is InChI=1S/C46H29N3S/c1-3-14-31(15-4-1)43-45-42(37-19-9-10-20-38(37)47-43)41(35-28-23-30-13-7-8-16-34(30)29-35)44(50-45)32-24-26-33(27-25-32)46-48-39-21-11-12-22-40(39)49(46)36-17-5-2-6-18-36/h1-29H. The molecule has 3 aromatic heterocycles. The summed E-state index contributed by atoms with van der Waals surface area (Å²) in [6, 6.07) is 62.4. The van der Waals surface area contributed by atoms with Crippen molar-refractivity contribution >= 4 is 54.1 Å². The minimum Gasteiger partial charge on any atom is -0.292 e. The molecule has 0 aliphatic rings. The molecule has 0 radical (unpaired) electrons. The Kier molecular flexibility index (Phi) is 6.68. The van der Waals surface area contributed by atoms with Gasteiger partial charge >= 0.3 is 0 Å². The molecule has 3 heterocycles. The first-order valence-electron chi connectivity index (χ1n) is 16.8. The number of aromatic nitrogens is 3. The van der Waals surface area contributed by atoms with E-state index < -0.39 is 0 Å². The van der Waals surface area contributed by atoms with E-state index in [0.29, 0.717) is 0 Å². The first-order chi connectivity index (χ1) is 24.8. The van der Waals surface area contributed by atoms with E-state index >= 15 is 0 Å². The van der Waals surface area contributed by atoms with E-state index in [1.807, 2.05) is 11.3 Å². The van der Waals surface area contributed by atoms with Crippen molar-refractivity contribution in [3.05, 3.63) is 176 Å². The summed E-state index contributed by atoms with van der Waals surface area (Å²) in [4.78, 5) is 11.6. The van der Waals surface area contributed by atoms with Crippen LogP contribution in [0.5, 0.6) is 0 Å². The smallest absolute Gasteiger partial charge is 0.145 e. The topological polar surface area (TPSA) is 30.7 Å². The van der Waals surface area contributed by atoms with Crippen LogP contribution in [0, 0.1) is 0 Å². The largest absolute Gasteiger partial charge is 0.292 e. The Labute approximate surface area is 293 Å². The summed E-state index contributed by atoms with van der Waals surface area (Å²) >= 11 is 1.84. The van der Waals surface area contributed by atoms with E-state index in [1.165, 1.54) is 47.8 Å². The van der Waals surface area contributed by atoms with Crippen molar-refractivity contribution < 1.29 is 0 Å². The van der Waals surface area contributed by atoms with E-state index in [0.717, 1.165) is 44.9 Å². The van der Waals surface area contributed by atoms with E-state index in [2.05, 4.69) is 180 Å². The highest BCUT2D eigenvalue weighted by Gasteiger charge is 2.23. The molecule has 0 fully saturated rings. The highest BCUT2D eigenvalue weighted by atomic mass is 32.1. The molecule has 50 heavy (non-hydrogen) atoms. The van der Waals surface area contributed by atoms with Crippen LogP contribution in [-0.2, 0) is 0 Å². The van der Waals surface area contributed by atoms with Crippen molar-refractivity contribution in [3.63, 3.8) is 0 Å². The molecule has 0 aliphatic heterocycles. The van der Waals surface area contributed by atoms with Crippen LogP contribution < -0.4 is 0 Å². The number of benzene rings is 7. The quantitative estimate of drug-likeness (QED) is 0.185. The third kappa shape index (κ3) is 4.65. The average Bonchev–Trinajstić information content (AvgIpc) is 3.78. The van der Waals surface area contributed by atoms with Gasteiger partial charge in [0.25, 0.3) is 0 Å². The van der Waals surface area contributed by atoms with Crippen molar-refractivity contribution in [2.24, 2.45) is 0 Å². The van der Waals surface area contributed by atoms with E-state index in [-0.39, 0.29) is 0 Å². The Morgan fingerprint density at radius 3 is 1.92 bits per heavy atom. The molecule has 0 amide bonds. The molecule has 0 saturated heterocycles. The number of hydrogen-bond acceptors (Lipinski definition) is 3. The zero-order chi connectivity index (χ0) is 33.0. The summed E-state index contributed by atoms with van der Waals surface area (Å²) in [5.74, 6) is 0.927. The number of fused-ring (bicyclic) bond motifs is 5. The van der Waals surface area contributed by atoms with Crippen LogP contribution >= 0.6 is 11.3 Å². The van der Waals surface area contributed by atoms with Gasteiger partial charge in [0.15, 0.2) is 0 Å². The molecule has 0 unspecified atom stereocenters. The fourth-order valence-corrected chi connectivity index (χ4v) is 8.61. The number of para-hydroxylation sites is 4. The lowest BCUT2D eigenvalue weighted by Gasteiger charge is -2.11. The molecule has 0 atom stereocenters. The van der Waals surface area contributed by atoms with Gasteiger partial charge in [0.05, 0.1) is 26.9 Å². The molecule has 0 saturated carbocycles. The molecule has 10 rings (SSSR count). The van der Waals surface area contributed by atoms with Gasteiger partial charge in [-0.1, -0.05) is 140 Å². The van der Waals surface area contributed by atoms with Crippen molar-refractivity contribution in [2.45, 2.75) is 0 Å². The lowest BCUT2D eigenvalue weighted by molar-refractivity contribution is 1.10. The van der Waals surface area contributed by atoms with Crippen LogP contribution in [0.15, 0.2) is 176 Å². The predicted octanol–water partition coefficient (Wildman–Crippen LogP) is 12.6. The second-order valence-corrected chi connectivity index (χ2v) is 13.6. The average molecular weight is 656 g/mol. The molecule has 0 bridgehead atoms. The maximum absolute atomic E-state index is 5.28. The SMILES string of the molecule is c1ccc(-c2nc3ccccc3c3c(-c4ccc5ccccc5c4)c(-c4ccc(-c5nc6ccccc6n5-c5ccccc5)cc4)sc23)cc1. The minimum atomic E-state index is 0.927. The zero-order valence-corrected chi connectivity index (χ0v) is 27.8. The normalized spacial score (nSPS) is 11.6. The van der Waals surface area contributed by atoms with E-state index in [1.54, 1.807) is 0 Å². The Morgan fingerprint density at radius 1 is 0.460 bits per heavy atom. The summed E-state index contributed by atoms with van der Waals surface area (Å²) in [6.45, 7) is 0. The molecule has 7 aromatic carbocycles. The number of rotatable bonds is 5. The van der Waals surface area contributed by atoms with Crippen molar-refractivity contribution in [3.8, 4) is 49.9 Å². The Balaban J connectivity index is 1.23. The van der Waals surface area contributed by atoms with Crippen LogP contribution in [0.3, 0.4) is 0 Å². The van der Waals surface area contributed by atoms with Gasteiger partial charge in [0.1, 0.15) is 5.82 Å². The van der Waals surface area contributed by atoms with Crippen LogP contribution in [-0.4, -0.2) is 14.5 Å². The fourth-order valence-electron chi connectivity index (χ4n) is 7.25. The molecule has 0 N–H and O–H groups in total. The second-order valence-electron chi connectivity index (χ2n) is 12.6.